The topological polar surface area (TPSA) is 72.2 Å². The van der Waals surface area contributed by atoms with Gasteiger partial charge in [-0.05, 0) is 49.4 Å². The lowest BCUT2D eigenvalue weighted by molar-refractivity contribution is -0.118. The maximum Gasteiger partial charge on any atom is 0.250 e. The molecule has 0 unspecified atom stereocenters. The van der Waals surface area contributed by atoms with Crippen LogP contribution < -0.4 is 5.43 Å². The number of carbonyl (C=O) groups excluding carboxylic acids is 1. The fourth-order valence-electron chi connectivity index (χ4n) is 2.99. The van der Waals surface area contributed by atoms with Gasteiger partial charge in [0.05, 0.1) is 12.0 Å². The zero-order valence-corrected chi connectivity index (χ0v) is 20.7. The molecule has 0 aliphatic heterocycles. The molecule has 1 aromatic heterocycles. The summed E-state index contributed by atoms with van der Waals surface area (Å²) in [6.07, 6.45) is 1.60. The van der Waals surface area contributed by atoms with Crippen LogP contribution in [0.4, 0.5) is 0 Å². The summed E-state index contributed by atoms with van der Waals surface area (Å²) in [7, 11) is 0. The van der Waals surface area contributed by atoms with Crippen molar-refractivity contribution in [3.05, 3.63) is 93.4 Å². The minimum Gasteiger partial charge on any atom is -0.272 e. The molecule has 0 saturated carbocycles. The van der Waals surface area contributed by atoms with Gasteiger partial charge in [0.2, 0.25) is 0 Å². The Kier molecular flexibility index (Phi) is 7.59. The van der Waals surface area contributed by atoms with E-state index < -0.39 is 0 Å². The first kappa shape index (κ1) is 23.2. The minimum absolute atomic E-state index is 0.137. The Labute approximate surface area is 209 Å². The van der Waals surface area contributed by atoms with Gasteiger partial charge in [0.15, 0.2) is 11.0 Å². The Bertz CT molecular complexity index is 1290. The molecule has 6 nitrogen and oxygen atoms in total. The highest BCUT2D eigenvalue weighted by atomic mass is 79.9. The van der Waals surface area contributed by atoms with Crippen LogP contribution in [0.3, 0.4) is 0 Å². The quantitative estimate of drug-likeness (QED) is 0.180. The summed E-state index contributed by atoms with van der Waals surface area (Å²) in [5, 5.41) is 14.0. The first-order valence-electron chi connectivity index (χ1n) is 9.99. The van der Waals surface area contributed by atoms with Crippen LogP contribution in [-0.4, -0.2) is 32.6 Å². The van der Waals surface area contributed by atoms with Crippen LogP contribution in [0.2, 0.25) is 5.02 Å². The molecule has 1 heterocycles. The number of carbonyl (C=O) groups is 1. The molecule has 0 saturated heterocycles. The number of aryl methyl sites for hydroxylation is 1. The van der Waals surface area contributed by atoms with E-state index in [-0.39, 0.29) is 11.7 Å². The van der Waals surface area contributed by atoms with Crippen molar-refractivity contribution in [2.75, 3.05) is 5.75 Å². The van der Waals surface area contributed by atoms with E-state index in [1.54, 1.807) is 6.21 Å². The molecule has 0 radical (unpaired) electrons. The number of nitrogens with one attached hydrogen (secondary N) is 1. The van der Waals surface area contributed by atoms with Crippen LogP contribution in [0.25, 0.3) is 17.1 Å². The standard InChI is InChI=1S/C24H19BrClN5OS/c1-16-6-12-20(13-7-16)31-23(17-8-10-19(26)11-9-17)29-30-24(31)33-15-22(32)28-27-14-18-4-2-3-5-21(18)25/h2-14H,15H2,1H3,(H,28,32). The van der Waals surface area contributed by atoms with Gasteiger partial charge < -0.3 is 0 Å². The Morgan fingerprint density at radius 2 is 1.82 bits per heavy atom. The van der Waals surface area contributed by atoms with Gasteiger partial charge in [-0.2, -0.15) is 5.10 Å². The molecule has 0 bridgehead atoms. The largest absolute Gasteiger partial charge is 0.272 e. The highest BCUT2D eigenvalue weighted by Crippen LogP contribution is 2.28. The van der Waals surface area contributed by atoms with E-state index >= 15 is 0 Å². The van der Waals surface area contributed by atoms with Gasteiger partial charge in [0, 0.05) is 26.3 Å². The number of amides is 1. The summed E-state index contributed by atoms with van der Waals surface area (Å²) in [6, 6.07) is 23.1. The molecule has 0 fully saturated rings. The van der Waals surface area contributed by atoms with Gasteiger partial charge in [-0.15, -0.1) is 10.2 Å². The second-order valence-corrected chi connectivity index (χ2v) is 9.32. The van der Waals surface area contributed by atoms with Crippen molar-refractivity contribution >= 4 is 51.4 Å². The predicted octanol–water partition coefficient (Wildman–Crippen LogP) is 5.90. The highest BCUT2D eigenvalue weighted by molar-refractivity contribution is 9.10. The number of nitrogens with zero attached hydrogens (tertiary/aromatic N) is 4. The fraction of sp³-hybridized carbons (Fsp3) is 0.0833. The van der Waals surface area contributed by atoms with Gasteiger partial charge in [-0.3, -0.25) is 9.36 Å². The average Bonchev–Trinajstić information content (AvgIpc) is 3.24. The molecule has 0 aliphatic carbocycles. The van der Waals surface area contributed by atoms with Gasteiger partial charge in [-0.25, -0.2) is 5.43 Å². The van der Waals surface area contributed by atoms with Gasteiger partial charge in [0.25, 0.3) is 5.91 Å². The number of benzene rings is 3. The van der Waals surface area contributed by atoms with Crippen LogP contribution >= 0.6 is 39.3 Å². The predicted molar refractivity (Wildman–Crippen MR) is 137 cm³/mol. The smallest absolute Gasteiger partial charge is 0.250 e. The normalized spacial score (nSPS) is 11.1. The zero-order valence-electron chi connectivity index (χ0n) is 17.6. The molecular weight excluding hydrogens is 522 g/mol. The van der Waals surface area contributed by atoms with Crippen molar-refractivity contribution in [1.29, 1.82) is 0 Å². The third kappa shape index (κ3) is 5.90. The average molecular weight is 541 g/mol. The van der Waals surface area contributed by atoms with E-state index in [9.17, 15) is 4.79 Å². The summed E-state index contributed by atoms with van der Waals surface area (Å²) < 4.78 is 2.84. The molecule has 1 amide bonds. The van der Waals surface area contributed by atoms with Crippen molar-refractivity contribution in [1.82, 2.24) is 20.2 Å². The lowest BCUT2D eigenvalue weighted by atomic mass is 10.2. The Balaban J connectivity index is 1.52. The van der Waals surface area contributed by atoms with Crippen molar-refractivity contribution in [3.8, 4) is 17.1 Å². The summed E-state index contributed by atoms with van der Waals surface area (Å²) in [5.74, 6) is 0.568. The SMILES string of the molecule is Cc1ccc(-n2c(SCC(=O)NN=Cc3ccccc3Br)nnc2-c2ccc(Cl)cc2)cc1. The van der Waals surface area contributed by atoms with Gasteiger partial charge >= 0.3 is 0 Å². The van der Waals surface area contributed by atoms with E-state index in [1.165, 1.54) is 11.8 Å². The fourth-order valence-corrected chi connectivity index (χ4v) is 4.25. The molecule has 0 aliphatic rings. The van der Waals surface area contributed by atoms with Crippen LogP contribution in [0, 0.1) is 6.92 Å². The summed E-state index contributed by atoms with van der Waals surface area (Å²) in [6.45, 7) is 2.03. The molecule has 4 aromatic rings. The third-order valence-electron chi connectivity index (χ3n) is 4.66. The number of hydrazone groups is 1. The molecule has 9 heteroatoms. The van der Waals surface area contributed by atoms with Gasteiger partial charge in [0.1, 0.15) is 0 Å². The molecule has 33 heavy (non-hydrogen) atoms. The molecule has 0 spiro atoms. The van der Waals surface area contributed by atoms with Crippen LogP contribution in [0.15, 0.2) is 87.5 Å². The Morgan fingerprint density at radius 1 is 1.09 bits per heavy atom. The van der Waals surface area contributed by atoms with Crippen LogP contribution in [0.1, 0.15) is 11.1 Å². The lowest BCUT2D eigenvalue weighted by Gasteiger charge is -2.10. The maximum atomic E-state index is 12.4. The molecule has 4 rings (SSSR count). The molecule has 3 aromatic carbocycles. The second kappa shape index (κ2) is 10.8. The maximum absolute atomic E-state index is 12.4. The monoisotopic (exact) mass is 539 g/mol. The Morgan fingerprint density at radius 3 is 2.55 bits per heavy atom. The summed E-state index contributed by atoms with van der Waals surface area (Å²) >= 11 is 10.8. The number of aromatic nitrogens is 3. The Hall–Kier alpha value is -2.94. The first-order chi connectivity index (χ1) is 16.0. The zero-order chi connectivity index (χ0) is 23.2. The van der Waals surface area contributed by atoms with E-state index in [0.29, 0.717) is 16.0 Å². The van der Waals surface area contributed by atoms with E-state index in [0.717, 1.165) is 26.9 Å². The summed E-state index contributed by atoms with van der Waals surface area (Å²) in [5.41, 5.74) is 6.36. The van der Waals surface area contributed by atoms with Crippen LogP contribution in [-0.2, 0) is 4.79 Å². The number of halogens is 2. The number of thioether (sulfide) groups is 1. The van der Waals surface area contributed by atoms with Crippen LogP contribution in [0.5, 0.6) is 0 Å². The molecule has 1 N–H and O–H groups in total. The van der Waals surface area contributed by atoms with Gasteiger partial charge in [-0.1, -0.05) is 75.2 Å². The van der Waals surface area contributed by atoms with Crippen molar-refractivity contribution in [2.24, 2.45) is 5.10 Å². The molecule has 0 atom stereocenters. The number of hydrogen-bond acceptors (Lipinski definition) is 5. The number of rotatable bonds is 7. The summed E-state index contributed by atoms with van der Waals surface area (Å²) in [4.78, 5) is 12.4. The van der Waals surface area contributed by atoms with E-state index in [2.05, 4.69) is 36.7 Å². The minimum atomic E-state index is -0.241. The van der Waals surface area contributed by atoms with Crippen molar-refractivity contribution < 1.29 is 4.79 Å². The third-order valence-corrected chi connectivity index (χ3v) is 6.56. The lowest BCUT2D eigenvalue weighted by Crippen LogP contribution is -2.20. The van der Waals surface area contributed by atoms with E-state index in [1.807, 2.05) is 84.3 Å². The number of hydrogen-bond donors (Lipinski definition) is 1. The molecular formula is C24H19BrClN5OS. The van der Waals surface area contributed by atoms with Crippen molar-refractivity contribution in [2.45, 2.75) is 12.1 Å². The van der Waals surface area contributed by atoms with E-state index in [4.69, 9.17) is 11.6 Å². The first-order valence-corrected chi connectivity index (χ1v) is 12.1. The van der Waals surface area contributed by atoms with Crippen molar-refractivity contribution in [3.63, 3.8) is 0 Å². The highest BCUT2D eigenvalue weighted by Gasteiger charge is 2.17. The molecule has 166 valence electrons. The second-order valence-electron chi connectivity index (χ2n) is 7.09.